The Morgan fingerprint density at radius 2 is 1.52 bits per heavy atom. The van der Waals surface area contributed by atoms with Crippen molar-refractivity contribution in [2.45, 2.75) is 4.90 Å². The van der Waals surface area contributed by atoms with Crippen LogP contribution < -0.4 is 23.8 Å². The zero-order chi connectivity index (χ0) is 24.0. The normalized spacial score (nSPS) is 10.9. The Balaban J connectivity index is 1.92. The van der Waals surface area contributed by atoms with E-state index in [2.05, 4.69) is 5.32 Å². The third kappa shape index (κ3) is 5.53. The molecule has 0 saturated heterocycles. The molecule has 0 aliphatic rings. The molecule has 0 atom stereocenters. The molecule has 174 valence electrons. The van der Waals surface area contributed by atoms with Crippen LogP contribution in [0.3, 0.4) is 0 Å². The number of hydrogen-bond acceptors (Lipinski definition) is 6. The number of carbonyl (C=O) groups excluding carboxylic acids is 1. The van der Waals surface area contributed by atoms with E-state index in [1.54, 1.807) is 30.3 Å². The molecule has 0 bridgehead atoms. The molecule has 0 unspecified atom stereocenters. The second-order valence-electron chi connectivity index (χ2n) is 6.78. The van der Waals surface area contributed by atoms with Crippen molar-refractivity contribution in [1.29, 1.82) is 0 Å². The lowest BCUT2D eigenvalue weighted by Gasteiger charge is -2.24. The molecule has 3 aromatic carbocycles. The van der Waals surface area contributed by atoms with Crippen molar-refractivity contribution in [1.82, 2.24) is 0 Å². The number of sulfonamides is 1. The number of methoxy groups -OCH3 is 3. The van der Waals surface area contributed by atoms with Crippen LogP contribution in [0.5, 0.6) is 17.2 Å². The third-order valence-corrected chi connectivity index (χ3v) is 6.50. The van der Waals surface area contributed by atoms with E-state index in [1.807, 2.05) is 0 Å². The molecule has 0 aromatic heterocycles. The SMILES string of the molecule is COc1ccc(N(CC(=O)Nc2ccc(OC)c(OC)c2)S(=O)(=O)c2ccc(F)cc2)cc1. The van der Waals surface area contributed by atoms with Crippen LogP contribution in [-0.2, 0) is 14.8 Å². The summed E-state index contributed by atoms with van der Waals surface area (Å²) in [4.78, 5) is 12.7. The van der Waals surface area contributed by atoms with Gasteiger partial charge in [0.25, 0.3) is 10.0 Å². The first kappa shape index (κ1) is 23.9. The summed E-state index contributed by atoms with van der Waals surface area (Å²) < 4.78 is 56.5. The molecule has 0 aliphatic heterocycles. The average Bonchev–Trinajstić information content (AvgIpc) is 2.82. The van der Waals surface area contributed by atoms with E-state index in [0.717, 1.165) is 28.6 Å². The van der Waals surface area contributed by atoms with Crippen molar-refractivity contribution in [3.63, 3.8) is 0 Å². The van der Waals surface area contributed by atoms with E-state index < -0.39 is 28.3 Å². The Hall–Kier alpha value is -3.79. The maximum Gasteiger partial charge on any atom is 0.264 e. The van der Waals surface area contributed by atoms with E-state index >= 15 is 0 Å². The van der Waals surface area contributed by atoms with Gasteiger partial charge in [0.05, 0.1) is 31.9 Å². The Bertz CT molecular complexity index is 1210. The predicted octanol–water partition coefficient (Wildman–Crippen LogP) is 3.69. The van der Waals surface area contributed by atoms with Crippen LogP contribution in [0, 0.1) is 5.82 Å². The van der Waals surface area contributed by atoms with Crippen LogP contribution in [-0.4, -0.2) is 42.2 Å². The van der Waals surface area contributed by atoms with Gasteiger partial charge in [-0.05, 0) is 60.7 Å². The van der Waals surface area contributed by atoms with Gasteiger partial charge in [-0.1, -0.05) is 0 Å². The van der Waals surface area contributed by atoms with Gasteiger partial charge in [0.1, 0.15) is 18.1 Å². The zero-order valence-corrected chi connectivity index (χ0v) is 19.1. The molecule has 0 saturated carbocycles. The quantitative estimate of drug-likeness (QED) is 0.509. The van der Waals surface area contributed by atoms with Gasteiger partial charge >= 0.3 is 0 Å². The second-order valence-corrected chi connectivity index (χ2v) is 8.64. The number of amides is 1. The highest BCUT2D eigenvalue weighted by Gasteiger charge is 2.27. The number of nitrogens with one attached hydrogen (secondary N) is 1. The molecule has 0 heterocycles. The molecule has 3 rings (SSSR count). The summed E-state index contributed by atoms with van der Waals surface area (Å²) in [5.41, 5.74) is 0.633. The smallest absolute Gasteiger partial charge is 0.264 e. The maximum absolute atomic E-state index is 13.3. The fraction of sp³-hybridized carbons (Fsp3) is 0.174. The molecular weight excluding hydrogens is 451 g/mol. The summed E-state index contributed by atoms with van der Waals surface area (Å²) in [6.45, 7) is -0.527. The van der Waals surface area contributed by atoms with Crippen molar-refractivity contribution < 1.29 is 31.8 Å². The Morgan fingerprint density at radius 1 is 0.879 bits per heavy atom. The van der Waals surface area contributed by atoms with E-state index in [4.69, 9.17) is 14.2 Å². The zero-order valence-electron chi connectivity index (χ0n) is 18.2. The van der Waals surface area contributed by atoms with Crippen LogP contribution in [0.2, 0.25) is 0 Å². The standard InChI is InChI=1S/C23H23FN2O6S/c1-30-19-9-7-18(8-10-19)26(33(28,29)20-11-4-16(24)5-12-20)15-23(27)25-17-6-13-21(31-2)22(14-17)32-3/h4-14H,15H2,1-3H3,(H,25,27). The largest absolute Gasteiger partial charge is 0.497 e. The average molecular weight is 475 g/mol. The molecule has 0 radical (unpaired) electrons. The van der Waals surface area contributed by atoms with Crippen molar-refractivity contribution in [2.75, 3.05) is 37.5 Å². The maximum atomic E-state index is 13.3. The number of ether oxygens (including phenoxy) is 3. The molecule has 10 heteroatoms. The van der Waals surface area contributed by atoms with Gasteiger partial charge < -0.3 is 19.5 Å². The van der Waals surface area contributed by atoms with Crippen molar-refractivity contribution >= 4 is 27.3 Å². The van der Waals surface area contributed by atoms with Gasteiger partial charge in [0.15, 0.2) is 11.5 Å². The fourth-order valence-corrected chi connectivity index (χ4v) is 4.46. The topological polar surface area (TPSA) is 94.2 Å². The minimum absolute atomic E-state index is 0.154. The van der Waals surface area contributed by atoms with Gasteiger partial charge in [0.2, 0.25) is 5.91 Å². The molecule has 0 aliphatic carbocycles. The van der Waals surface area contributed by atoms with E-state index in [1.165, 1.54) is 33.5 Å². The number of rotatable bonds is 9. The molecular formula is C23H23FN2O6S. The lowest BCUT2D eigenvalue weighted by atomic mass is 10.2. The number of nitrogens with zero attached hydrogens (tertiary/aromatic N) is 1. The van der Waals surface area contributed by atoms with Gasteiger partial charge in [0, 0.05) is 11.8 Å². The Kier molecular flexibility index (Phi) is 7.39. The van der Waals surface area contributed by atoms with Crippen molar-refractivity contribution in [3.05, 3.63) is 72.5 Å². The highest BCUT2D eigenvalue weighted by atomic mass is 32.2. The molecule has 0 fully saturated rings. The summed E-state index contributed by atoms with van der Waals surface area (Å²) in [7, 11) is 0.255. The molecule has 1 amide bonds. The molecule has 1 N–H and O–H groups in total. The van der Waals surface area contributed by atoms with Crippen LogP contribution in [0.15, 0.2) is 71.6 Å². The predicted molar refractivity (Wildman–Crippen MR) is 122 cm³/mol. The van der Waals surface area contributed by atoms with Crippen LogP contribution in [0.1, 0.15) is 0 Å². The number of benzene rings is 3. The van der Waals surface area contributed by atoms with Gasteiger partial charge in [-0.3, -0.25) is 9.10 Å². The lowest BCUT2D eigenvalue weighted by molar-refractivity contribution is -0.114. The van der Waals surface area contributed by atoms with Crippen molar-refractivity contribution in [3.8, 4) is 17.2 Å². The first-order valence-electron chi connectivity index (χ1n) is 9.72. The van der Waals surface area contributed by atoms with E-state index in [-0.39, 0.29) is 10.6 Å². The van der Waals surface area contributed by atoms with Gasteiger partial charge in [-0.2, -0.15) is 0 Å². The first-order chi connectivity index (χ1) is 15.8. The molecule has 33 heavy (non-hydrogen) atoms. The van der Waals surface area contributed by atoms with Crippen LogP contribution in [0.4, 0.5) is 15.8 Å². The number of carbonyl (C=O) groups is 1. The second kappa shape index (κ2) is 10.2. The highest BCUT2D eigenvalue weighted by Crippen LogP contribution is 2.30. The minimum atomic E-state index is -4.18. The third-order valence-electron chi connectivity index (χ3n) is 4.72. The summed E-state index contributed by atoms with van der Waals surface area (Å²) in [5.74, 6) is 0.239. The summed E-state index contributed by atoms with van der Waals surface area (Å²) in [6, 6.07) is 15.3. The number of halogens is 1. The lowest BCUT2D eigenvalue weighted by Crippen LogP contribution is -2.38. The summed E-state index contributed by atoms with van der Waals surface area (Å²) in [5, 5.41) is 2.66. The van der Waals surface area contributed by atoms with E-state index in [9.17, 15) is 17.6 Å². The Labute approximate surface area is 191 Å². The van der Waals surface area contributed by atoms with Gasteiger partial charge in [-0.15, -0.1) is 0 Å². The highest BCUT2D eigenvalue weighted by molar-refractivity contribution is 7.92. The monoisotopic (exact) mass is 474 g/mol. The number of hydrogen-bond donors (Lipinski definition) is 1. The minimum Gasteiger partial charge on any atom is -0.497 e. The first-order valence-corrected chi connectivity index (χ1v) is 11.2. The Morgan fingerprint density at radius 3 is 2.09 bits per heavy atom. The van der Waals surface area contributed by atoms with Crippen LogP contribution >= 0.6 is 0 Å². The molecule has 3 aromatic rings. The summed E-state index contributed by atoms with van der Waals surface area (Å²) >= 11 is 0. The molecule has 0 spiro atoms. The van der Waals surface area contributed by atoms with Gasteiger partial charge in [-0.25, -0.2) is 12.8 Å². The number of anilines is 2. The summed E-state index contributed by atoms with van der Waals surface area (Å²) in [6.07, 6.45) is 0. The van der Waals surface area contributed by atoms with E-state index in [0.29, 0.717) is 22.9 Å². The molecule has 8 nitrogen and oxygen atoms in total. The van der Waals surface area contributed by atoms with Crippen LogP contribution in [0.25, 0.3) is 0 Å². The fourth-order valence-electron chi connectivity index (χ4n) is 3.04. The van der Waals surface area contributed by atoms with Crippen molar-refractivity contribution in [2.24, 2.45) is 0 Å².